The standard InChI is InChI=1S/C13H12F6O/c1-12(2,3)20-8-6-4-5-7(14)9(8)10(15)11(16)13(17,18)19/h4-6H,1-3H3/b11-10-. The van der Waals surface area contributed by atoms with Crippen LogP contribution in [-0.4, -0.2) is 11.8 Å². The Morgan fingerprint density at radius 1 is 1.05 bits per heavy atom. The first-order valence-electron chi connectivity index (χ1n) is 5.54. The minimum Gasteiger partial charge on any atom is -0.487 e. The molecule has 0 spiro atoms. The van der Waals surface area contributed by atoms with Crippen molar-refractivity contribution in [1.82, 2.24) is 0 Å². The highest BCUT2D eigenvalue weighted by atomic mass is 19.4. The summed E-state index contributed by atoms with van der Waals surface area (Å²) in [6.07, 6.45) is -5.54. The molecule has 0 aliphatic heterocycles. The maximum Gasteiger partial charge on any atom is 0.445 e. The summed E-state index contributed by atoms with van der Waals surface area (Å²) in [6, 6.07) is 2.90. The van der Waals surface area contributed by atoms with Crippen LogP contribution < -0.4 is 4.74 Å². The first kappa shape index (κ1) is 16.4. The third kappa shape index (κ3) is 3.91. The molecule has 0 bridgehead atoms. The zero-order chi connectivity index (χ0) is 15.7. The lowest BCUT2D eigenvalue weighted by molar-refractivity contribution is -0.108. The highest BCUT2D eigenvalue weighted by Gasteiger charge is 2.40. The third-order valence-electron chi connectivity index (χ3n) is 2.05. The summed E-state index contributed by atoms with van der Waals surface area (Å²) in [5.74, 6) is -7.19. The molecule has 1 rings (SSSR count). The molecule has 0 atom stereocenters. The zero-order valence-corrected chi connectivity index (χ0v) is 10.9. The van der Waals surface area contributed by atoms with E-state index >= 15 is 0 Å². The second-order valence-electron chi connectivity index (χ2n) is 4.95. The van der Waals surface area contributed by atoms with Crippen molar-refractivity contribution in [2.45, 2.75) is 32.5 Å². The van der Waals surface area contributed by atoms with Gasteiger partial charge in [-0.1, -0.05) is 6.07 Å². The molecule has 1 aromatic carbocycles. The average molecular weight is 298 g/mol. The SMILES string of the molecule is CC(C)(C)Oc1cccc(F)c1/C(F)=C(/F)C(F)(F)F. The van der Waals surface area contributed by atoms with E-state index in [0.717, 1.165) is 12.1 Å². The van der Waals surface area contributed by atoms with Crippen LogP contribution in [0.2, 0.25) is 0 Å². The fourth-order valence-electron chi connectivity index (χ4n) is 1.37. The number of allylic oxidation sites excluding steroid dienone is 1. The van der Waals surface area contributed by atoms with E-state index in [1.54, 1.807) is 0 Å². The third-order valence-corrected chi connectivity index (χ3v) is 2.05. The molecule has 0 aliphatic rings. The molecule has 0 unspecified atom stereocenters. The normalized spacial score (nSPS) is 14.1. The van der Waals surface area contributed by atoms with E-state index in [1.807, 2.05) is 0 Å². The van der Waals surface area contributed by atoms with Gasteiger partial charge in [-0.25, -0.2) is 8.78 Å². The minimum atomic E-state index is -5.54. The minimum absolute atomic E-state index is 0.505. The summed E-state index contributed by atoms with van der Waals surface area (Å²) >= 11 is 0. The number of halogens is 6. The van der Waals surface area contributed by atoms with Crippen LogP contribution in [-0.2, 0) is 0 Å². The highest BCUT2D eigenvalue weighted by Crippen LogP contribution is 2.39. The van der Waals surface area contributed by atoms with Crippen LogP contribution in [0.1, 0.15) is 26.3 Å². The van der Waals surface area contributed by atoms with Gasteiger partial charge in [-0.15, -0.1) is 0 Å². The van der Waals surface area contributed by atoms with Gasteiger partial charge in [-0.3, -0.25) is 0 Å². The molecular weight excluding hydrogens is 286 g/mol. The van der Waals surface area contributed by atoms with E-state index in [4.69, 9.17) is 4.74 Å². The molecule has 0 aromatic heterocycles. The number of alkyl halides is 3. The zero-order valence-electron chi connectivity index (χ0n) is 10.9. The van der Waals surface area contributed by atoms with Gasteiger partial charge in [0.1, 0.15) is 17.2 Å². The Bertz CT molecular complexity index is 525. The first-order chi connectivity index (χ1) is 8.93. The number of hydrogen-bond acceptors (Lipinski definition) is 1. The lowest BCUT2D eigenvalue weighted by atomic mass is 10.1. The summed E-state index contributed by atoms with van der Waals surface area (Å²) < 4.78 is 81.7. The van der Waals surface area contributed by atoms with Crippen LogP contribution in [0.15, 0.2) is 24.0 Å². The average Bonchev–Trinajstić information content (AvgIpc) is 2.24. The fourth-order valence-corrected chi connectivity index (χ4v) is 1.37. The van der Waals surface area contributed by atoms with Crippen LogP contribution in [0.25, 0.3) is 5.83 Å². The molecule has 0 fully saturated rings. The number of hydrogen-bond donors (Lipinski definition) is 0. The number of rotatable bonds is 2. The van der Waals surface area contributed by atoms with Gasteiger partial charge in [0.15, 0.2) is 5.83 Å². The summed E-state index contributed by atoms with van der Waals surface area (Å²) in [6.45, 7) is 4.59. The molecule has 1 aromatic rings. The van der Waals surface area contributed by atoms with Gasteiger partial charge in [0, 0.05) is 0 Å². The van der Waals surface area contributed by atoms with E-state index in [-0.39, 0.29) is 0 Å². The van der Waals surface area contributed by atoms with E-state index < -0.39 is 40.6 Å². The molecule has 1 nitrogen and oxygen atoms in total. The number of benzene rings is 1. The van der Waals surface area contributed by atoms with Crippen molar-refractivity contribution < 1.29 is 31.1 Å². The second kappa shape index (κ2) is 5.38. The summed E-state index contributed by atoms with van der Waals surface area (Å²) in [4.78, 5) is 0. The largest absolute Gasteiger partial charge is 0.487 e. The lowest BCUT2D eigenvalue weighted by Crippen LogP contribution is -2.24. The van der Waals surface area contributed by atoms with Crippen LogP contribution in [0.3, 0.4) is 0 Å². The van der Waals surface area contributed by atoms with Gasteiger partial charge in [0.05, 0.1) is 5.56 Å². The van der Waals surface area contributed by atoms with Crippen molar-refractivity contribution in [3.8, 4) is 5.75 Å². The Hall–Kier alpha value is -1.66. The van der Waals surface area contributed by atoms with Crippen molar-refractivity contribution in [3.05, 3.63) is 35.4 Å². The molecule has 0 heterocycles. The van der Waals surface area contributed by atoms with E-state index in [9.17, 15) is 26.3 Å². The number of ether oxygens (including phenoxy) is 1. The maximum absolute atomic E-state index is 13.6. The monoisotopic (exact) mass is 298 g/mol. The Kier molecular flexibility index (Phi) is 4.41. The van der Waals surface area contributed by atoms with Crippen molar-refractivity contribution in [1.29, 1.82) is 0 Å². The molecule has 0 saturated heterocycles. The molecule has 0 saturated carbocycles. The van der Waals surface area contributed by atoms with Crippen molar-refractivity contribution in [2.75, 3.05) is 0 Å². The fraction of sp³-hybridized carbons (Fsp3) is 0.385. The highest BCUT2D eigenvalue weighted by molar-refractivity contribution is 5.68. The van der Waals surface area contributed by atoms with Crippen molar-refractivity contribution in [3.63, 3.8) is 0 Å². The van der Waals surface area contributed by atoms with E-state index in [0.29, 0.717) is 6.07 Å². The van der Waals surface area contributed by atoms with Gasteiger partial charge >= 0.3 is 6.18 Å². The Balaban J connectivity index is 3.45. The van der Waals surface area contributed by atoms with E-state index in [2.05, 4.69) is 0 Å². The first-order valence-corrected chi connectivity index (χ1v) is 5.54. The van der Waals surface area contributed by atoms with E-state index in [1.165, 1.54) is 20.8 Å². The lowest BCUT2D eigenvalue weighted by Gasteiger charge is -2.23. The Morgan fingerprint density at radius 2 is 1.60 bits per heavy atom. The molecule has 20 heavy (non-hydrogen) atoms. The Morgan fingerprint density at radius 3 is 2.05 bits per heavy atom. The molecule has 0 aliphatic carbocycles. The molecule has 0 radical (unpaired) electrons. The molecule has 0 amide bonds. The Labute approximate surface area is 111 Å². The topological polar surface area (TPSA) is 9.23 Å². The van der Waals surface area contributed by atoms with Crippen LogP contribution in [0.4, 0.5) is 26.3 Å². The van der Waals surface area contributed by atoms with Gasteiger partial charge in [0.2, 0.25) is 5.83 Å². The smallest absolute Gasteiger partial charge is 0.445 e. The van der Waals surface area contributed by atoms with Crippen LogP contribution in [0.5, 0.6) is 5.75 Å². The summed E-state index contributed by atoms with van der Waals surface area (Å²) in [5, 5.41) is 0. The summed E-state index contributed by atoms with van der Waals surface area (Å²) in [7, 11) is 0. The van der Waals surface area contributed by atoms with Gasteiger partial charge in [-0.05, 0) is 32.9 Å². The molecule has 0 N–H and O–H groups in total. The maximum atomic E-state index is 13.6. The molecular formula is C13H12F6O. The van der Waals surface area contributed by atoms with Crippen molar-refractivity contribution >= 4 is 5.83 Å². The summed E-state index contributed by atoms with van der Waals surface area (Å²) in [5.41, 5.74) is -2.10. The van der Waals surface area contributed by atoms with Crippen molar-refractivity contribution in [2.24, 2.45) is 0 Å². The van der Waals surface area contributed by atoms with Crippen LogP contribution in [0, 0.1) is 5.82 Å². The van der Waals surface area contributed by atoms with Gasteiger partial charge < -0.3 is 4.74 Å². The van der Waals surface area contributed by atoms with Gasteiger partial charge in [0.25, 0.3) is 0 Å². The quantitative estimate of drug-likeness (QED) is 0.684. The molecule has 112 valence electrons. The predicted molar refractivity (Wildman–Crippen MR) is 62.0 cm³/mol. The van der Waals surface area contributed by atoms with Crippen LogP contribution >= 0.6 is 0 Å². The predicted octanol–water partition coefficient (Wildman–Crippen LogP) is 5.17. The molecule has 7 heteroatoms. The van der Waals surface area contributed by atoms with Gasteiger partial charge in [-0.2, -0.15) is 17.6 Å². The second-order valence-corrected chi connectivity index (χ2v) is 4.95.